The van der Waals surface area contributed by atoms with Gasteiger partial charge in [0.15, 0.2) is 11.5 Å². The van der Waals surface area contributed by atoms with E-state index in [4.69, 9.17) is 9.47 Å². The van der Waals surface area contributed by atoms with Crippen molar-refractivity contribution in [2.24, 2.45) is 0 Å². The van der Waals surface area contributed by atoms with E-state index < -0.39 is 0 Å². The van der Waals surface area contributed by atoms with E-state index in [1.165, 1.54) is 12.1 Å². The summed E-state index contributed by atoms with van der Waals surface area (Å²) in [7, 11) is 1.68. The Morgan fingerprint density at radius 2 is 1.91 bits per heavy atom. The molecule has 0 saturated heterocycles. The summed E-state index contributed by atoms with van der Waals surface area (Å²) in [6.45, 7) is 1.33. The molecule has 4 nitrogen and oxygen atoms in total. The molecule has 0 aromatic heterocycles. The van der Waals surface area contributed by atoms with E-state index in [0.717, 1.165) is 5.56 Å². The maximum Gasteiger partial charge on any atom is 0.254 e. The van der Waals surface area contributed by atoms with Crippen LogP contribution in [0.15, 0.2) is 42.5 Å². The number of hydrogen-bond donors (Lipinski definition) is 0. The molecule has 0 N–H and O–H groups in total. The Kier molecular flexibility index (Phi) is 3.96. The second kappa shape index (κ2) is 6.05. The highest BCUT2D eigenvalue weighted by Crippen LogP contribution is 2.31. The van der Waals surface area contributed by atoms with Crippen molar-refractivity contribution in [2.75, 3.05) is 20.3 Å². The monoisotopic (exact) mass is 301 g/mol. The second-order valence-electron chi connectivity index (χ2n) is 5.15. The molecule has 2 aromatic carbocycles. The van der Waals surface area contributed by atoms with E-state index >= 15 is 0 Å². The molecular weight excluding hydrogens is 285 g/mol. The minimum Gasteiger partial charge on any atom is -0.486 e. The molecule has 0 unspecified atom stereocenters. The molecule has 0 spiro atoms. The van der Waals surface area contributed by atoms with Crippen LogP contribution in [-0.4, -0.2) is 31.1 Å². The maximum atomic E-state index is 13.2. The number of benzene rings is 2. The normalized spacial score (nSPS) is 12.8. The molecule has 5 heteroatoms. The van der Waals surface area contributed by atoms with Crippen molar-refractivity contribution in [3.63, 3.8) is 0 Å². The molecule has 114 valence electrons. The first-order valence-electron chi connectivity index (χ1n) is 7.03. The van der Waals surface area contributed by atoms with Crippen molar-refractivity contribution in [1.29, 1.82) is 0 Å². The van der Waals surface area contributed by atoms with E-state index in [0.29, 0.717) is 36.8 Å². The van der Waals surface area contributed by atoms with Gasteiger partial charge >= 0.3 is 0 Å². The molecule has 0 fully saturated rings. The third-order valence-corrected chi connectivity index (χ3v) is 3.44. The van der Waals surface area contributed by atoms with Crippen molar-refractivity contribution in [1.82, 2.24) is 4.90 Å². The van der Waals surface area contributed by atoms with Crippen LogP contribution in [0.5, 0.6) is 11.5 Å². The Balaban J connectivity index is 1.75. The molecule has 0 radical (unpaired) electrons. The molecule has 1 aliphatic heterocycles. The Morgan fingerprint density at radius 1 is 1.14 bits per heavy atom. The number of hydrogen-bond acceptors (Lipinski definition) is 3. The average molecular weight is 301 g/mol. The molecule has 0 bridgehead atoms. The van der Waals surface area contributed by atoms with Crippen molar-refractivity contribution in [3.05, 3.63) is 59.4 Å². The van der Waals surface area contributed by atoms with Crippen LogP contribution in [0, 0.1) is 5.82 Å². The Morgan fingerprint density at radius 3 is 2.68 bits per heavy atom. The van der Waals surface area contributed by atoms with Crippen LogP contribution in [0.1, 0.15) is 15.9 Å². The summed E-state index contributed by atoms with van der Waals surface area (Å²) in [5.41, 5.74) is 1.26. The first kappa shape index (κ1) is 14.4. The Hall–Kier alpha value is -2.56. The number of nitrogens with zero attached hydrogens (tertiary/aromatic N) is 1. The minimum atomic E-state index is -0.308. The molecule has 22 heavy (non-hydrogen) atoms. The predicted octanol–water partition coefficient (Wildman–Crippen LogP) is 2.87. The Labute approximate surface area is 128 Å². The summed E-state index contributed by atoms with van der Waals surface area (Å²) < 4.78 is 24.1. The van der Waals surface area contributed by atoms with Gasteiger partial charge in [-0.15, -0.1) is 0 Å². The van der Waals surface area contributed by atoms with Crippen LogP contribution in [0.3, 0.4) is 0 Å². The summed E-state index contributed by atoms with van der Waals surface area (Å²) in [6.07, 6.45) is 0. The maximum absolute atomic E-state index is 13.2. The largest absolute Gasteiger partial charge is 0.486 e. The molecule has 3 rings (SSSR count). The first-order chi connectivity index (χ1) is 10.6. The third-order valence-electron chi connectivity index (χ3n) is 3.44. The van der Waals surface area contributed by atoms with Gasteiger partial charge in [-0.3, -0.25) is 4.79 Å². The topological polar surface area (TPSA) is 38.8 Å². The fraction of sp³-hybridized carbons (Fsp3) is 0.235. The van der Waals surface area contributed by atoms with Gasteiger partial charge in [0, 0.05) is 19.2 Å². The van der Waals surface area contributed by atoms with E-state index in [1.54, 1.807) is 42.3 Å². The summed E-state index contributed by atoms with van der Waals surface area (Å²) in [4.78, 5) is 14.0. The fourth-order valence-corrected chi connectivity index (χ4v) is 2.38. The van der Waals surface area contributed by atoms with Crippen LogP contribution in [0.4, 0.5) is 4.39 Å². The summed E-state index contributed by atoms with van der Waals surface area (Å²) >= 11 is 0. The van der Waals surface area contributed by atoms with Crippen molar-refractivity contribution < 1.29 is 18.7 Å². The highest BCUT2D eigenvalue weighted by atomic mass is 19.1. The van der Waals surface area contributed by atoms with Gasteiger partial charge < -0.3 is 14.4 Å². The number of carbonyl (C=O) groups is 1. The van der Waals surface area contributed by atoms with Gasteiger partial charge in [0.05, 0.1) is 0 Å². The number of rotatable bonds is 3. The molecular formula is C17H16FNO3. The number of fused-ring (bicyclic) bond motifs is 1. The first-order valence-corrected chi connectivity index (χ1v) is 7.03. The van der Waals surface area contributed by atoms with Gasteiger partial charge in [0.25, 0.3) is 5.91 Å². The van der Waals surface area contributed by atoms with Gasteiger partial charge in [-0.2, -0.15) is 0 Å². The molecule has 1 amide bonds. The smallest absolute Gasteiger partial charge is 0.254 e. The molecule has 1 aliphatic rings. The number of halogens is 1. The molecule has 2 aromatic rings. The van der Waals surface area contributed by atoms with Crippen LogP contribution in [-0.2, 0) is 6.54 Å². The molecule has 1 heterocycles. The Bertz CT molecular complexity index is 702. The van der Waals surface area contributed by atoms with Crippen LogP contribution >= 0.6 is 0 Å². The van der Waals surface area contributed by atoms with Crippen molar-refractivity contribution in [2.45, 2.75) is 6.54 Å². The second-order valence-corrected chi connectivity index (χ2v) is 5.15. The van der Waals surface area contributed by atoms with E-state index in [1.807, 2.05) is 0 Å². The molecule has 0 saturated carbocycles. The van der Waals surface area contributed by atoms with Gasteiger partial charge in [-0.25, -0.2) is 4.39 Å². The van der Waals surface area contributed by atoms with Crippen LogP contribution in [0.2, 0.25) is 0 Å². The quantitative estimate of drug-likeness (QED) is 0.875. The van der Waals surface area contributed by atoms with E-state index in [9.17, 15) is 9.18 Å². The fourth-order valence-electron chi connectivity index (χ4n) is 2.38. The van der Waals surface area contributed by atoms with Crippen molar-refractivity contribution >= 4 is 5.91 Å². The van der Waals surface area contributed by atoms with Gasteiger partial charge in [0.1, 0.15) is 19.0 Å². The van der Waals surface area contributed by atoms with Gasteiger partial charge in [-0.1, -0.05) is 12.1 Å². The zero-order chi connectivity index (χ0) is 15.5. The van der Waals surface area contributed by atoms with Crippen LogP contribution < -0.4 is 9.47 Å². The van der Waals surface area contributed by atoms with E-state index in [2.05, 4.69) is 0 Å². The lowest BCUT2D eigenvalue weighted by molar-refractivity contribution is 0.0783. The van der Waals surface area contributed by atoms with Crippen molar-refractivity contribution in [3.8, 4) is 11.5 Å². The summed E-state index contributed by atoms with van der Waals surface area (Å²) in [5, 5.41) is 0. The highest BCUT2D eigenvalue weighted by Gasteiger charge is 2.17. The summed E-state index contributed by atoms with van der Waals surface area (Å²) in [5.74, 6) is 0.769. The average Bonchev–Trinajstić information content (AvgIpc) is 2.53. The highest BCUT2D eigenvalue weighted by molar-refractivity contribution is 5.94. The standard InChI is InChI=1S/C17H16FNO3/c1-19(11-12-3-2-4-14(18)9-12)17(20)13-5-6-15-16(10-13)22-8-7-21-15/h2-6,9-10H,7-8,11H2,1H3. The third kappa shape index (κ3) is 3.03. The lowest BCUT2D eigenvalue weighted by Gasteiger charge is -2.21. The lowest BCUT2D eigenvalue weighted by atomic mass is 10.1. The summed E-state index contributed by atoms with van der Waals surface area (Å²) in [6, 6.07) is 11.3. The zero-order valence-corrected chi connectivity index (χ0v) is 12.2. The minimum absolute atomic E-state index is 0.152. The molecule has 0 aliphatic carbocycles. The number of amides is 1. The molecule has 0 atom stereocenters. The van der Waals surface area contributed by atoms with Gasteiger partial charge in [0.2, 0.25) is 0 Å². The zero-order valence-electron chi connectivity index (χ0n) is 12.2. The lowest BCUT2D eigenvalue weighted by Crippen LogP contribution is -2.26. The van der Waals surface area contributed by atoms with Gasteiger partial charge in [-0.05, 0) is 35.9 Å². The number of carbonyl (C=O) groups excluding carboxylic acids is 1. The number of ether oxygens (including phenoxy) is 2. The van der Waals surface area contributed by atoms with Crippen LogP contribution in [0.25, 0.3) is 0 Å². The predicted molar refractivity (Wildman–Crippen MR) is 79.6 cm³/mol. The van der Waals surface area contributed by atoms with E-state index in [-0.39, 0.29) is 11.7 Å². The SMILES string of the molecule is CN(Cc1cccc(F)c1)C(=O)c1ccc2c(c1)OCCO2.